The molecule has 0 bridgehead atoms. The number of primary amides is 1. The lowest BCUT2D eigenvalue weighted by atomic mass is 9.96. The van der Waals surface area contributed by atoms with E-state index in [1.807, 2.05) is 12.1 Å². The molecule has 1 aliphatic rings. The van der Waals surface area contributed by atoms with Gasteiger partial charge in [-0.05, 0) is 18.1 Å². The summed E-state index contributed by atoms with van der Waals surface area (Å²) in [5, 5.41) is 4.82. The maximum absolute atomic E-state index is 12.8. The highest BCUT2D eigenvalue weighted by molar-refractivity contribution is 7.89. The molecule has 1 fully saturated rings. The zero-order chi connectivity index (χ0) is 18.5. The van der Waals surface area contributed by atoms with Crippen LogP contribution < -0.4 is 5.73 Å². The first-order chi connectivity index (χ1) is 12.4. The van der Waals surface area contributed by atoms with Crippen molar-refractivity contribution in [2.45, 2.75) is 17.2 Å². The average Bonchev–Trinajstić information content (AvgIpc) is 3.31. The number of nitrogens with two attached hydrogens (primary N) is 1. The van der Waals surface area contributed by atoms with Crippen molar-refractivity contribution < 1.29 is 13.2 Å². The summed E-state index contributed by atoms with van der Waals surface area (Å²) in [6.45, 7) is 0.690. The Kier molecular flexibility index (Phi) is 4.05. The summed E-state index contributed by atoms with van der Waals surface area (Å²) in [6.07, 6.45) is 5.13. The average molecular weight is 391 g/mol. The molecule has 0 unspecified atom stereocenters. The van der Waals surface area contributed by atoms with Crippen LogP contribution in [0.4, 0.5) is 0 Å². The molecule has 4 heterocycles. The maximum atomic E-state index is 12.8. The van der Waals surface area contributed by atoms with Crippen LogP contribution in [-0.4, -0.2) is 46.5 Å². The smallest absolute Gasteiger partial charge is 0.259 e. The van der Waals surface area contributed by atoms with Crippen molar-refractivity contribution >= 4 is 37.5 Å². The van der Waals surface area contributed by atoms with E-state index in [1.54, 1.807) is 13.2 Å². The molecule has 0 aliphatic carbocycles. The number of amides is 1. The minimum atomic E-state index is -3.61. The molecule has 0 saturated carbocycles. The molecule has 0 radical (unpaired) electrons. The first kappa shape index (κ1) is 17.1. The number of aromatic nitrogens is 3. The van der Waals surface area contributed by atoms with Crippen molar-refractivity contribution in [3.63, 3.8) is 0 Å². The Bertz CT molecular complexity index is 1100. The van der Waals surface area contributed by atoms with E-state index in [4.69, 9.17) is 5.73 Å². The van der Waals surface area contributed by atoms with Gasteiger partial charge in [0.15, 0.2) is 0 Å². The number of fused-ring (bicyclic) bond motifs is 1. The zero-order valence-corrected chi connectivity index (χ0v) is 15.6. The lowest BCUT2D eigenvalue weighted by Crippen LogP contribution is -2.28. The van der Waals surface area contributed by atoms with Gasteiger partial charge in [0, 0.05) is 43.8 Å². The van der Waals surface area contributed by atoms with Crippen LogP contribution in [0, 0.1) is 0 Å². The summed E-state index contributed by atoms with van der Waals surface area (Å²) in [5.41, 5.74) is 6.38. The van der Waals surface area contributed by atoms with E-state index in [1.165, 1.54) is 32.7 Å². The Morgan fingerprint density at radius 1 is 1.42 bits per heavy atom. The molecule has 1 saturated heterocycles. The van der Waals surface area contributed by atoms with E-state index in [2.05, 4.69) is 10.1 Å². The second-order valence-electron chi connectivity index (χ2n) is 6.26. The first-order valence-electron chi connectivity index (χ1n) is 8.04. The third-order valence-corrected chi connectivity index (χ3v) is 7.57. The van der Waals surface area contributed by atoms with Crippen molar-refractivity contribution in [1.29, 1.82) is 0 Å². The minimum Gasteiger partial charge on any atom is -0.365 e. The number of carbonyl (C=O) groups excluding carboxylic acids is 1. The van der Waals surface area contributed by atoms with Crippen LogP contribution in [0.2, 0.25) is 0 Å². The Labute approximate surface area is 154 Å². The molecule has 8 nitrogen and oxygen atoms in total. The SMILES string of the molecule is Cn1cc(S(=O)(=O)N2CC[C@@H](c3c(C(N)=O)sc4ncccc34)C2)cn1. The minimum absolute atomic E-state index is 0.0955. The second-order valence-corrected chi connectivity index (χ2v) is 9.20. The maximum Gasteiger partial charge on any atom is 0.259 e. The van der Waals surface area contributed by atoms with Gasteiger partial charge in [0.25, 0.3) is 5.91 Å². The normalized spacial score (nSPS) is 18.6. The number of aryl methyl sites for hydroxylation is 1. The van der Waals surface area contributed by atoms with Gasteiger partial charge >= 0.3 is 0 Å². The van der Waals surface area contributed by atoms with Crippen molar-refractivity contribution in [2.75, 3.05) is 13.1 Å². The highest BCUT2D eigenvalue weighted by Gasteiger charge is 2.36. The second kappa shape index (κ2) is 6.15. The van der Waals surface area contributed by atoms with Gasteiger partial charge in [-0.1, -0.05) is 6.07 Å². The molecular weight excluding hydrogens is 374 g/mol. The monoisotopic (exact) mass is 391 g/mol. The lowest BCUT2D eigenvalue weighted by Gasteiger charge is -2.16. The van der Waals surface area contributed by atoms with E-state index in [9.17, 15) is 13.2 Å². The van der Waals surface area contributed by atoms with Crippen LogP contribution >= 0.6 is 11.3 Å². The van der Waals surface area contributed by atoms with Gasteiger partial charge in [-0.2, -0.15) is 9.40 Å². The van der Waals surface area contributed by atoms with E-state index < -0.39 is 15.9 Å². The van der Waals surface area contributed by atoms with Gasteiger partial charge in [0.05, 0.1) is 11.1 Å². The van der Waals surface area contributed by atoms with Crippen molar-refractivity contribution in [1.82, 2.24) is 19.1 Å². The number of rotatable bonds is 4. The standard InChI is InChI=1S/C16H17N5O3S2/c1-20-9-11(7-19-20)26(23,24)21-6-4-10(8-21)13-12-3-2-5-18-16(12)25-14(13)15(17)22/h2-3,5,7,9-10H,4,6,8H2,1H3,(H2,17,22)/t10-/m1/s1. The summed E-state index contributed by atoms with van der Waals surface area (Å²) >= 11 is 1.26. The van der Waals surface area contributed by atoms with Crippen molar-refractivity contribution in [3.05, 3.63) is 41.2 Å². The van der Waals surface area contributed by atoms with Gasteiger partial charge < -0.3 is 5.73 Å². The fourth-order valence-corrected chi connectivity index (χ4v) is 5.97. The third-order valence-electron chi connectivity index (χ3n) is 4.61. The lowest BCUT2D eigenvalue weighted by molar-refractivity contribution is 0.100. The van der Waals surface area contributed by atoms with Gasteiger partial charge in [-0.15, -0.1) is 11.3 Å². The van der Waals surface area contributed by atoms with Gasteiger partial charge in [0.1, 0.15) is 9.73 Å². The Hall–Kier alpha value is -2.30. The van der Waals surface area contributed by atoms with Gasteiger partial charge in [-0.3, -0.25) is 9.48 Å². The Morgan fingerprint density at radius 3 is 2.92 bits per heavy atom. The van der Waals surface area contributed by atoms with Gasteiger partial charge in [-0.25, -0.2) is 13.4 Å². The quantitative estimate of drug-likeness (QED) is 0.721. The topological polar surface area (TPSA) is 111 Å². The molecular formula is C16H17N5O3S2. The van der Waals surface area contributed by atoms with Crippen LogP contribution in [-0.2, 0) is 17.1 Å². The zero-order valence-electron chi connectivity index (χ0n) is 14.0. The molecule has 10 heteroatoms. The number of nitrogens with zero attached hydrogens (tertiary/aromatic N) is 4. The van der Waals surface area contributed by atoms with Crippen molar-refractivity contribution in [3.8, 4) is 0 Å². The van der Waals surface area contributed by atoms with E-state index in [0.29, 0.717) is 24.4 Å². The van der Waals surface area contributed by atoms with Crippen LogP contribution in [0.3, 0.4) is 0 Å². The molecule has 3 aromatic rings. The fourth-order valence-electron chi connectivity index (χ4n) is 3.40. The Balaban J connectivity index is 1.71. The first-order valence-corrected chi connectivity index (χ1v) is 10.3. The van der Waals surface area contributed by atoms with Crippen LogP contribution in [0.5, 0.6) is 0 Å². The highest BCUT2D eigenvalue weighted by Crippen LogP contribution is 2.40. The Morgan fingerprint density at radius 2 is 2.23 bits per heavy atom. The number of carbonyl (C=O) groups is 1. The van der Waals surface area contributed by atoms with E-state index in [-0.39, 0.29) is 10.8 Å². The number of pyridine rings is 1. The molecule has 1 aliphatic heterocycles. The van der Waals surface area contributed by atoms with E-state index >= 15 is 0 Å². The predicted molar refractivity (Wildman–Crippen MR) is 97.5 cm³/mol. The largest absolute Gasteiger partial charge is 0.365 e. The van der Waals surface area contributed by atoms with Crippen LogP contribution in [0.1, 0.15) is 27.6 Å². The molecule has 136 valence electrons. The molecule has 1 amide bonds. The molecule has 0 spiro atoms. The highest BCUT2D eigenvalue weighted by atomic mass is 32.2. The number of hydrogen-bond donors (Lipinski definition) is 1. The van der Waals surface area contributed by atoms with Crippen LogP contribution in [0.15, 0.2) is 35.6 Å². The summed E-state index contributed by atoms with van der Waals surface area (Å²) in [4.78, 5) is 17.6. The summed E-state index contributed by atoms with van der Waals surface area (Å²) in [5.74, 6) is -0.599. The molecule has 3 aromatic heterocycles. The summed E-state index contributed by atoms with van der Waals surface area (Å²) in [7, 11) is -1.93. The van der Waals surface area contributed by atoms with E-state index in [0.717, 1.165) is 15.8 Å². The summed E-state index contributed by atoms with van der Waals surface area (Å²) in [6, 6.07) is 3.71. The fraction of sp³-hybridized carbons (Fsp3) is 0.312. The number of thiophene rings is 1. The molecule has 26 heavy (non-hydrogen) atoms. The molecule has 1 atom stereocenters. The van der Waals surface area contributed by atoms with Gasteiger partial charge in [0.2, 0.25) is 10.0 Å². The van der Waals surface area contributed by atoms with Crippen molar-refractivity contribution in [2.24, 2.45) is 12.8 Å². The molecule has 0 aromatic carbocycles. The predicted octanol–water partition coefficient (Wildman–Crippen LogP) is 1.31. The number of hydrogen-bond acceptors (Lipinski definition) is 6. The number of sulfonamides is 1. The third kappa shape index (κ3) is 2.70. The molecule has 2 N–H and O–H groups in total. The van der Waals surface area contributed by atoms with Crippen LogP contribution in [0.25, 0.3) is 10.2 Å². The molecule has 4 rings (SSSR count). The summed E-state index contributed by atoms with van der Waals surface area (Å²) < 4.78 is 28.5.